The second-order valence-electron chi connectivity index (χ2n) is 3.34. The quantitative estimate of drug-likeness (QED) is 0.903. The molecule has 2 aromatic rings. The molecule has 0 unspecified atom stereocenters. The number of hydrogen-bond acceptors (Lipinski definition) is 3. The highest BCUT2D eigenvalue weighted by Gasteiger charge is 2.00. The third-order valence-corrected chi connectivity index (χ3v) is 4.10. The van der Waals surface area contributed by atoms with Crippen molar-refractivity contribution < 1.29 is 0 Å². The molecule has 1 N–H and O–H groups in total. The minimum absolute atomic E-state index is 0.718. The van der Waals surface area contributed by atoms with E-state index in [0.29, 0.717) is 0 Å². The maximum absolute atomic E-state index is 5.92. The number of aromatic nitrogens is 1. The highest BCUT2D eigenvalue weighted by molar-refractivity contribution is 9.10. The van der Waals surface area contributed by atoms with Gasteiger partial charge < -0.3 is 5.32 Å². The first kappa shape index (κ1) is 11.9. The Morgan fingerprint density at radius 1 is 1.50 bits per heavy atom. The molecule has 84 valence electrons. The number of anilines is 1. The summed E-state index contributed by atoms with van der Waals surface area (Å²) >= 11 is 11.0. The molecule has 0 aliphatic carbocycles. The van der Waals surface area contributed by atoms with E-state index in [-0.39, 0.29) is 0 Å². The highest BCUT2D eigenvalue weighted by Crippen LogP contribution is 2.25. The third kappa shape index (κ3) is 2.97. The summed E-state index contributed by atoms with van der Waals surface area (Å²) in [6.45, 7) is 2.74. The summed E-state index contributed by atoms with van der Waals surface area (Å²) in [4.78, 5) is 4.38. The molecule has 0 spiro atoms. The predicted molar refractivity (Wildman–Crippen MR) is 73.3 cm³/mol. The molecule has 0 saturated carbocycles. The monoisotopic (exact) mass is 316 g/mol. The fourth-order valence-corrected chi connectivity index (χ4v) is 2.40. The van der Waals surface area contributed by atoms with Gasteiger partial charge in [0.1, 0.15) is 0 Å². The number of benzene rings is 1. The number of rotatable bonds is 3. The van der Waals surface area contributed by atoms with Gasteiger partial charge in [0.15, 0.2) is 0 Å². The van der Waals surface area contributed by atoms with Crippen molar-refractivity contribution in [3.05, 3.63) is 43.8 Å². The minimum atomic E-state index is 0.718. The van der Waals surface area contributed by atoms with Crippen LogP contribution < -0.4 is 5.32 Å². The molecule has 0 aliphatic rings. The number of hydrogen-bond donors (Lipinski definition) is 1. The van der Waals surface area contributed by atoms with Gasteiger partial charge in [0, 0.05) is 15.5 Å². The molecule has 0 saturated heterocycles. The molecular formula is C11H10BrClN2S. The van der Waals surface area contributed by atoms with E-state index >= 15 is 0 Å². The van der Waals surface area contributed by atoms with Crippen LogP contribution in [0.5, 0.6) is 0 Å². The maximum atomic E-state index is 5.92. The van der Waals surface area contributed by atoms with E-state index in [1.165, 1.54) is 0 Å². The van der Waals surface area contributed by atoms with E-state index < -0.39 is 0 Å². The van der Waals surface area contributed by atoms with Gasteiger partial charge in [0.2, 0.25) is 0 Å². The first-order valence-electron chi connectivity index (χ1n) is 4.75. The Kier molecular flexibility index (Phi) is 3.84. The third-order valence-electron chi connectivity index (χ3n) is 2.06. The van der Waals surface area contributed by atoms with Gasteiger partial charge in [0.05, 0.1) is 22.3 Å². The highest BCUT2D eigenvalue weighted by atomic mass is 79.9. The van der Waals surface area contributed by atoms with Crippen molar-refractivity contribution in [3.8, 4) is 0 Å². The molecule has 0 atom stereocenters. The minimum Gasteiger partial charge on any atom is -0.379 e. The largest absolute Gasteiger partial charge is 0.379 e. The Hall–Kier alpha value is -0.580. The molecule has 16 heavy (non-hydrogen) atoms. The van der Waals surface area contributed by atoms with Crippen molar-refractivity contribution in [1.29, 1.82) is 0 Å². The van der Waals surface area contributed by atoms with Gasteiger partial charge in [0.25, 0.3) is 0 Å². The van der Waals surface area contributed by atoms with E-state index in [2.05, 4.69) is 31.6 Å². The zero-order chi connectivity index (χ0) is 11.5. The Bertz CT molecular complexity index is 498. The van der Waals surface area contributed by atoms with Crippen molar-refractivity contribution in [2.75, 3.05) is 5.32 Å². The van der Waals surface area contributed by atoms with Gasteiger partial charge in [-0.3, -0.25) is 0 Å². The molecule has 5 heteroatoms. The number of nitrogens with one attached hydrogen (secondary N) is 1. The molecule has 0 aliphatic heterocycles. The van der Waals surface area contributed by atoms with Crippen LogP contribution in [0.4, 0.5) is 5.69 Å². The normalized spacial score (nSPS) is 10.4. The fourth-order valence-electron chi connectivity index (χ4n) is 1.29. The van der Waals surface area contributed by atoms with Crippen LogP contribution in [-0.2, 0) is 6.54 Å². The first-order chi connectivity index (χ1) is 7.65. The first-order valence-corrected chi connectivity index (χ1v) is 6.80. The number of aryl methyl sites for hydroxylation is 1. The summed E-state index contributed by atoms with van der Waals surface area (Å²) in [6.07, 6.45) is 0. The van der Waals surface area contributed by atoms with Crippen molar-refractivity contribution in [2.45, 2.75) is 13.5 Å². The molecule has 0 fully saturated rings. The molecule has 1 aromatic heterocycles. The number of thiazole rings is 1. The van der Waals surface area contributed by atoms with Crippen molar-refractivity contribution in [3.63, 3.8) is 0 Å². The van der Waals surface area contributed by atoms with Crippen LogP contribution in [0.15, 0.2) is 28.1 Å². The molecule has 2 rings (SSSR count). The maximum Gasteiger partial charge on any atom is 0.0898 e. The lowest BCUT2D eigenvalue weighted by Crippen LogP contribution is -1.99. The summed E-state index contributed by atoms with van der Waals surface area (Å²) in [5, 5.41) is 7.17. The van der Waals surface area contributed by atoms with Crippen LogP contribution >= 0.6 is 38.9 Å². The lowest BCUT2D eigenvalue weighted by atomic mass is 10.3. The van der Waals surface area contributed by atoms with Gasteiger partial charge in [-0.25, -0.2) is 4.98 Å². The summed E-state index contributed by atoms with van der Waals surface area (Å²) < 4.78 is 0.897. The van der Waals surface area contributed by atoms with E-state index in [1.807, 2.05) is 25.1 Å². The average Bonchev–Trinajstić information content (AvgIpc) is 2.66. The molecule has 1 aromatic carbocycles. The van der Waals surface area contributed by atoms with Crippen molar-refractivity contribution in [1.82, 2.24) is 4.98 Å². The number of nitrogens with zero attached hydrogens (tertiary/aromatic N) is 1. The van der Waals surface area contributed by atoms with E-state index in [1.54, 1.807) is 11.3 Å². The summed E-state index contributed by atoms with van der Waals surface area (Å²) in [6, 6.07) is 5.77. The Morgan fingerprint density at radius 3 is 2.94 bits per heavy atom. The van der Waals surface area contributed by atoms with E-state index in [4.69, 9.17) is 11.6 Å². The molecule has 1 heterocycles. The fraction of sp³-hybridized carbons (Fsp3) is 0.182. The second-order valence-corrected chi connectivity index (χ2v) is 5.66. The van der Waals surface area contributed by atoms with Crippen LogP contribution in [0.1, 0.15) is 10.7 Å². The smallest absolute Gasteiger partial charge is 0.0898 e. The van der Waals surface area contributed by atoms with Gasteiger partial charge in [-0.15, -0.1) is 11.3 Å². The van der Waals surface area contributed by atoms with Crippen LogP contribution in [0.25, 0.3) is 0 Å². The Labute approximate surface area is 112 Å². The molecule has 0 amide bonds. The lowest BCUT2D eigenvalue weighted by Gasteiger charge is -2.05. The van der Waals surface area contributed by atoms with Gasteiger partial charge in [-0.1, -0.05) is 11.6 Å². The predicted octanol–water partition coefficient (Wildman–Crippen LogP) is 4.48. The van der Waals surface area contributed by atoms with Crippen LogP contribution in [0.2, 0.25) is 5.02 Å². The van der Waals surface area contributed by atoms with E-state index in [9.17, 15) is 0 Å². The van der Waals surface area contributed by atoms with Gasteiger partial charge in [-0.2, -0.15) is 0 Å². The van der Waals surface area contributed by atoms with Crippen molar-refractivity contribution >= 4 is 44.6 Å². The summed E-state index contributed by atoms with van der Waals surface area (Å²) in [5.74, 6) is 0. The average molecular weight is 318 g/mol. The van der Waals surface area contributed by atoms with Crippen LogP contribution in [0.3, 0.4) is 0 Å². The molecular weight excluding hydrogens is 308 g/mol. The summed E-state index contributed by atoms with van der Waals surface area (Å²) in [7, 11) is 0. The standard InChI is InChI=1S/C11H10BrClN2S/c1-7-15-9(6-16-7)5-14-8-2-3-11(13)10(12)4-8/h2-4,6,14H,5H2,1H3. The second kappa shape index (κ2) is 5.17. The molecule has 2 nitrogen and oxygen atoms in total. The van der Waals surface area contributed by atoms with Crippen LogP contribution in [-0.4, -0.2) is 4.98 Å². The summed E-state index contributed by atoms with van der Waals surface area (Å²) in [5.41, 5.74) is 2.09. The SMILES string of the molecule is Cc1nc(CNc2ccc(Cl)c(Br)c2)cs1. The number of halogens is 2. The zero-order valence-corrected chi connectivity index (χ0v) is 11.8. The Balaban J connectivity index is 2.02. The zero-order valence-electron chi connectivity index (χ0n) is 8.63. The topological polar surface area (TPSA) is 24.9 Å². The Morgan fingerprint density at radius 2 is 2.31 bits per heavy atom. The van der Waals surface area contributed by atoms with Crippen molar-refractivity contribution in [2.24, 2.45) is 0 Å². The van der Waals surface area contributed by atoms with Gasteiger partial charge in [-0.05, 0) is 41.1 Å². The lowest BCUT2D eigenvalue weighted by molar-refractivity contribution is 1.05. The molecule has 0 bridgehead atoms. The molecule has 0 radical (unpaired) electrons. The van der Waals surface area contributed by atoms with E-state index in [0.717, 1.165) is 32.4 Å². The van der Waals surface area contributed by atoms with Gasteiger partial charge >= 0.3 is 0 Å². The van der Waals surface area contributed by atoms with Crippen LogP contribution in [0, 0.1) is 6.92 Å².